The van der Waals surface area contributed by atoms with E-state index in [9.17, 15) is 0 Å². The van der Waals surface area contributed by atoms with Gasteiger partial charge in [-0.3, -0.25) is 0 Å². The molecule has 1 heterocycles. The summed E-state index contributed by atoms with van der Waals surface area (Å²) in [6.07, 6.45) is 8.59. The van der Waals surface area contributed by atoms with Gasteiger partial charge < -0.3 is 9.64 Å². The number of hydrogen-bond donors (Lipinski definition) is 0. The Labute approximate surface area is 208 Å². The third-order valence-corrected chi connectivity index (χ3v) is 9.05. The van der Waals surface area contributed by atoms with Crippen molar-refractivity contribution in [3.05, 3.63) is 157 Å². The number of nitrogens with zero attached hydrogens (tertiary/aromatic N) is 1. The Kier molecular flexibility index (Phi) is 6.05. The van der Waals surface area contributed by atoms with Gasteiger partial charge in [-0.15, -0.1) is 0 Å². The normalized spacial score (nSPS) is 18.9. The van der Waals surface area contributed by atoms with Crippen molar-refractivity contribution in [3.8, 4) is 0 Å². The molecule has 2 nitrogen and oxygen atoms in total. The van der Waals surface area contributed by atoms with E-state index in [2.05, 4.69) is 144 Å². The number of allylic oxidation sites excluding steroid dienone is 2. The molecule has 4 aromatic carbocycles. The maximum absolute atomic E-state index is 6.51. The van der Waals surface area contributed by atoms with Gasteiger partial charge in [0.2, 0.25) is 0 Å². The third-order valence-electron chi connectivity index (χ3n) is 6.46. The average molecular weight is 472 g/mol. The molecular formula is C32H26NOP. The highest BCUT2D eigenvalue weighted by molar-refractivity contribution is 7.76. The van der Waals surface area contributed by atoms with Crippen LogP contribution >= 0.6 is 7.92 Å². The maximum atomic E-state index is 6.51. The molecule has 1 aliphatic carbocycles. The Morgan fingerprint density at radius 1 is 0.629 bits per heavy atom. The monoisotopic (exact) mass is 471 g/mol. The van der Waals surface area contributed by atoms with E-state index >= 15 is 0 Å². The second-order valence-corrected chi connectivity index (χ2v) is 10.8. The molecule has 6 rings (SSSR count). The lowest BCUT2D eigenvalue weighted by Crippen LogP contribution is -2.37. The summed E-state index contributed by atoms with van der Waals surface area (Å²) in [6.45, 7) is 0. The average Bonchev–Trinajstić information content (AvgIpc) is 3.59. The molecule has 0 bridgehead atoms. The molecule has 0 fully saturated rings. The van der Waals surface area contributed by atoms with Gasteiger partial charge in [0.1, 0.15) is 6.26 Å². The Morgan fingerprint density at radius 2 is 1.17 bits per heavy atom. The molecule has 4 aromatic rings. The fourth-order valence-corrected chi connectivity index (χ4v) is 7.46. The van der Waals surface area contributed by atoms with Gasteiger partial charge in [0, 0.05) is 11.3 Å². The lowest BCUT2D eigenvalue weighted by molar-refractivity contribution is 0.147. The molecule has 0 aromatic heterocycles. The van der Waals surface area contributed by atoms with Gasteiger partial charge in [0.05, 0.1) is 11.6 Å². The van der Waals surface area contributed by atoms with E-state index < -0.39 is 7.92 Å². The Hall–Kier alpha value is -3.87. The summed E-state index contributed by atoms with van der Waals surface area (Å²) in [6, 6.07) is 42.9. The van der Waals surface area contributed by atoms with Crippen LogP contribution in [0.4, 0.5) is 5.69 Å². The predicted octanol–water partition coefficient (Wildman–Crippen LogP) is 7.05. The highest BCUT2D eigenvalue weighted by atomic mass is 31.1. The van der Waals surface area contributed by atoms with Gasteiger partial charge in [-0.1, -0.05) is 127 Å². The topological polar surface area (TPSA) is 12.5 Å². The standard InChI is InChI=1S/C32H26NOP/c1-5-14-25(15-6-1)30-24-34-32(33(30)26-16-7-2-8-17-26)29-22-13-23-31(29)35(27-18-9-3-10-19-27)28-20-11-4-12-21-28/h1-24,29,32H. The van der Waals surface area contributed by atoms with Crippen LogP contribution in [-0.4, -0.2) is 6.23 Å². The molecular weight excluding hydrogens is 445 g/mol. The Bertz CT molecular complexity index is 1330. The van der Waals surface area contributed by atoms with Gasteiger partial charge in [-0.25, -0.2) is 0 Å². The largest absolute Gasteiger partial charge is 0.475 e. The summed E-state index contributed by atoms with van der Waals surface area (Å²) < 4.78 is 6.51. The number of benzene rings is 4. The lowest BCUT2D eigenvalue weighted by atomic mass is 10.1. The lowest BCUT2D eigenvalue weighted by Gasteiger charge is -2.34. The zero-order chi connectivity index (χ0) is 23.5. The first kappa shape index (κ1) is 21.6. The van der Waals surface area contributed by atoms with Crippen LogP contribution in [0.1, 0.15) is 5.56 Å². The minimum absolute atomic E-state index is 0.124. The molecule has 1 aliphatic heterocycles. The van der Waals surface area contributed by atoms with Crippen molar-refractivity contribution in [2.24, 2.45) is 5.92 Å². The molecule has 2 atom stereocenters. The van der Waals surface area contributed by atoms with E-state index in [1.807, 2.05) is 6.26 Å². The third kappa shape index (κ3) is 4.22. The summed E-state index contributed by atoms with van der Waals surface area (Å²) in [7, 11) is -0.695. The molecule has 35 heavy (non-hydrogen) atoms. The Balaban J connectivity index is 1.41. The smallest absolute Gasteiger partial charge is 0.186 e. The van der Waals surface area contributed by atoms with Crippen LogP contribution in [0.15, 0.2) is 151 Å². The molecule has 3 heteroatoms. The highest BCUT2D eigenvalue weighted by Gasteiger charge is 2.40. The van der Waals surface area contributed by atoms with E-state index in [4.69, 9.17) is 4.74 Å². The summed E-state index contributed by atoms with van der Waals surface area (Å²) in [4.78, 5) is 2.35. The molecule has 0 radical (unpaired) electrons. The maximum Gasteiger partial charge on any atom is 0.186 e. The number of para-hydroxylation sites is 1. The minimum atomic E-state index is -0.695. The van der Waals surface area contributed by atoms with Gasteiger partial charge >= 0.3 is 0 Å². The molecule has 0 spiro atoms. The van der Waals surface area contributed by atoms with E-state index in [1.165, 1.54) is 15.9 Å². The summed E-state index contributed by atoms with van der Waals surface area (Å²) >= 11 is 0. The second-order valence-electron chi connectivity index (χ2n) is 8.61. The zero-order valence-corrected chi connectivity index (χ0v) is 20.2. The highest BCUT2D eigenvalue weighted by Crippen LogP contribution is 2.52. The fourth-order valence-electron chi connectivity index (χ4n) is 4.87. The van der Waals surface area contributed by atoms with Crippen molar-refractivity contribution in [2.75, 3.05) is 4.90 Å². The van der Waals surface area contributed by atoms with Crippen molar-refractivity contribution in [1.29, 1.82) is 0 Å². The first-order valence-electron chi connectivity index (χ1n) is 11.9. The van der Waals surface area contributed by atoms with Gasteiger partial charge in [-0.2, -0.15) is 0 Å². The van der Waals surface area contributed by atoms with Gasteiger partial charge in [0.15, 0.2) is 6.23 Å². The van der Waals surface area contributed by atoms with Crippen molar-refractivity contribution >= 4 is 29.9 Å². The van der Waals surface area contributed by atoms with Crippen LogP contribution in [0.5, 0.6) is 0 Å². The first-order chi connectivity index (χ1) is 17.4. The fraction of sp³-hybridized carbons (Fsp3) is 0.0625. The van der Waals surface area contributed by atoms with E-state index in [-0.39, 0.29) is 12.1 Å². The quantitative estimate of drug-likeness (QED) is 0.279. The summed E-state index contributed by atoms with van der Waals surface area (Å²) in [5, 5.41) is 4.12. The second kappa shape index (κ2) is 9.78. The molecule has 170 valence electrons. The summed E-state index contributed by atoms with van der Waals surface area (Å²) in [5.41, 5.74) is 3.37. The van der Waals surface area contributed by atoms with Crippen LogP contribution in [0.25, 0.3) is 5.70 Å². The summed E-state index contributed by atoms with van der Waals surface area (Å²) in [5.74, 6) is 0.124. The van der Waals surface area contributed by atoms with Crippen molar-refractivity contribution in [3.63, 3.8) is 0 Å². The molecule has 0 amide bonds. The van der Waals surface area contributed by atoms with Crippen molar-refractivity contribution < 1.29 is 4.74 Å². The SMILES string of the molecule is C1=CC(C2OC=C(c3ccccc3)N2c2ccccc2)C(P(c2ccccc2)c2ccccc2)=C1. The van der Waals surface area contributed by atoms with Crippen LogP contribution in [0.2, 0.25) is 0 Å². The van der Waals surface area contributed by atoms with E-state index in [0.717, 1.165) is 16.9 Å². The predicted molar refractivity (Wildman–Crippen MR) is 148 cm³/mol. The molecule has 2 unspecified atom stereocenters. The minimum Gasteiger partial charge on any atom is -0.475 e. The number of hydrogen-bond acceptors (Lipinski definition) is 2. The number of anilines is 1. The van der Waals surface area contributed by atoms with Gasteiger partial charge in [-0.05, 0) is 36.0 Å². The van der Waals surface area contributed by atoms with Gasteiger partial charge in [0.25, 0.3) is 0 Å². The molecule has 0 N–H and O–H groups in total. The van der Waals surface area contributed by atoms with E-state index in [1.54, 1.807) is 0 Å². The number of ether oxygens (including phenoxy) is 1. The number of rotatable bonds is 6. The molecule has 0 saturated heterocycles. The van der Waals surface area contributed by atoms with Crippen LogP contribution in [0, 0.1) is 5.92 Å². The van der Waals surface area contributed by atoms with Crippen LogP contribution in [-0.2, 0) is 4.74 Å². The van der Waals surface area contributed by atoms with Crippen LogP contribution < -0.4 is 15.5 Å². The van der Waals surface area contributed by atoms with E-state index in [0.29, 0.717) is 0 Å². The Morgan fingerprint density at radius 3 is 1.77 bits per heavy atom. The zero-order valence-electron chi connectivity index (χ0n) is 19.3. The van der Waals surface area contributed by atoms with Crippen molar-refractivity contribution in [2.45, 2.75) is 6.23 Å². The molecule has 0 saturated carbocycles. The first-order valence-corrected chi connectivity index (χ1v) is 13.3. The molecule has 2 aliphatic rings. The van der Waals surface area contributed by atoms with Crippen molar-refractivity contribution in [1.82, 2.24) is 0 Å². The van der Waals surface area contributed by atoms with Crippen LogP contribution in [0.3, 0.4) is 0 Å².